The van der Waals surface area contributed by atoms with Crippen LogP contribution in [0.2, 0.25) is 0 Å². The van der Waals surface area contributed by atoms with Crippen molar-refractivity contribution in [1.82, 2.24) is 0 Å². The molecule has 0 fully saturated rings. The molecule has 2 N–H and O–H groups in total. The number of thiocarbonyl (C=S) groups is 1. The number of para-hydroxylation sites is 1. The summed E-state index contributed by atoms with van der Waals surface area (Å²) >= 11 is 8.23. The van der Waals surface area contributed by atoms with Crippen LogP contribution in [0.4, 0.5) is 4.39 Å². The van der Waals surface area contributed by atoms with E-state index in [1.165, 1.54) is 12.1 Å². The normalized spacial score (nSPS) is 10.1. The third kappa shape index (κ3) is 2.86. The van der Waals surface area contributed by atoms with Gasteiger partial charge in [0.25, 0.3) is 0 Å². The molecule has 2 rings (SSSR count). The van der Waals surface area contributed by atoms with Gasteiger partial charge in [0, 0.05) is 6.07 Å². The lowest BCUT2D eigenvalue weighted by molar-refractivity contribution is 0.473. The quantitative estimate of drug-likeness (QED) is 0.866. The van der Waals surface area contributed by atoms with Gasteiger partial charge in [-0.25, -0.2) is 4.39 Å². The summed E-state index contributed by atoms with van der Waals surface area (Å²) in [5, 5.41) is 0. The van der Waals surface area contributed by atoms with Crippen LogP contribution in [-0.4, -0.2) is 4.99 Å². The summed E-state index contributed by atoms with van der Waals surface area (Å²) in [6.45, 7) is 0. The molecule has 0 saturated heterocycles. The maximum Gasteiger partial charge on any atom is 0.144 e. The van der Waals surface area contributed by atoms with Crippen molar-refractivity contribution in [2.75, 3.05) is 0 Å². The van der Waals surface area contributed by atoms with Crippen molar-refractivity contribution >= 4 is 33.1 Å². The number of benzene rings is 2. The molecule has 0 aliphatic heterocycles. The Morgan fingerprint density at radius 3 is 2.61 bits per heavy atom. The van der Waals surface area contributed by atoms with Crippen LogP contribution >= 0.6 is 28.1 Å². The zero-order valence-electron chi connectivity index (χ0n) is 9.19. The molecule has 2 aromatic carbocycles. The molecule has 0 atom stereocenters. The van der Waals surface area contributed by atoms with Gasteiger partial charge < -0.3 is 10.5 Å². The molecule has 0 unspecified atom stereocenters. The van der Waals surface area contributed by atoms with Crippen molar-refractivity contribution < 1.29 is 9.13 Å². The van der Waals surface area contributed by atoms with Gasteiger partial charge in [-0.1, -0.05) is 24.4 Å². The van der Waals surface area contributed by atoms with E-state index in [-0.39, 0.29) is 10.8 Å². The molecule has 0 radical (unpaired) electrons. The number of nitrogens with two attached hydrogens (primary N) is 1. The highest BCUT2D eigenvalue weighted by Crippen LogP contribution is 2.31. The number of rotatable bonds is 3. The molecule has 0 amide bonds. The summed E-state index contributed by atoms with van der Waals surface area (Å²) in [7, 11) is 0. The van der Waals surface area contributed by atoms with Gasteiger partial charge in [-0.2, -0.15) is 0 Å². The van der Waals surface area contributed by atoms with E-state index in [1.54, 1.807) is 24.3 Å². The van der Waals surface area contributed by atoms with Gasteiger partial charge in [0.1, 0.15) is 22.3 Å². The van der Waals surface area contributed by atoms with Crippen molar-refractivity contribution in [2.45, 2.75) is 0 Å². The first-order chi connectivity index (χ1) is 8.58. The van der Waals surface area contributed by atoms with Gasteiger partial charge >= 0.3 is 0 Å². The highest BCUT2D eigenvalue weighted by Gasteiger charge is 2.09. The minimum absolute atomic E-state index is 0.234. The maximum absolute atomic E-state index is 13.2. The molecule has 5 heteroatoms. The number of ether oxygens (including phenoxy) is 1. The summed E-state index contributed by atoms with van der Waals surface area (Å²) in [6, 6.07) is 11.3. The van der Waals surface area contributed by atoms with Crippen LogP contribution in [0.5, 0.6) is 11.5 Å². The lowest BCUT2D eigenvalue weighted by Crippen LogP contribution is -2.10. The molecular formula is C13H9BrFNOS. The highest BCUT2D eigenvalue weighted by molar-refractivity contribution is 9.10. The topological polar surface area (TPSA) is 35.2 Å². The second-order valence-corrected chi connectivity index (χ2v) is 4.83. The van der Waals surface area contributed by atoms with Gasteiger partial charge in [-0.15, -0.1) is 0 Å². The fourth-order valence-corrected chi connectivity index (χ4v) is 1.93. The average Bonchev–Trinajstić information content (AvgIpc) is 2.34. The van der Waals surface area contributed by atoms with E-state index >= 15 is 0 Å². The molecule has 0 aliphatic carbocycles. The van der Waals surface area contributed by atoms with Crippen molar-refractivity contribution in [1.29, 1.82) is 0 Å². The van der Waals surface area contributed by atoms with Crippen molar-refractivity contribution in [2.24, 2.45) is 5.73 Å². The first kappa shape index (κ1) is 13.0. The van der Waals surface area contributed by atoms with Gasteiger partial charge in [-0.05, 0) is 40.2 Å². The molecule has 0 saturated carbocycles. The Morgan fingerprint density at radius 1 is 1.17 bits per heavy atom. The van der Waals surface area contributed by atoms with Crippen LogP contribution in [0.15, 0.2) is 46.9 Å². The van der Waals surface area contributed by atoms with Gasteiger partial charge in [-0.3, -0.25) is 0 Å². The lowest BCUT2D eigenvalue weighted by atomic mass is 10.2. The third-order valence-corrected chi connectivity index (χ3v) is 3.14. The Morgan fingerprint density at radius 2 is 1.89 bits per heavy atom. The summed E-state index contributed by atoms with van der Waals surface area (Å²) in [5.41, 5.74) is 6.22. The molecule has 18 heavy (non-hydrogen) atoms. The minimum atomic E-state index is -0.374. The van der Waals surface area contributed by atoms with Crippen LogP contribution < -0.4 is 10.5 Å². The summed E-state index contributed by atoms with van der Waals surface area (Å²) in [6.07, 6.45) is 0. The Bertz CT molecular complexity index is 603. The molecule has 0 bridgehead atoms. The van der Waals surface area contributed by atoms with Crippen LogP contribution in [0.1, 0.15) is 5.56 Å². The smallest absolute Gasteiger partial charge is 0.144 e. The van der Waals surface area contributed by atoms with Crippen molar-refractivity contribution in [3.8, 4) is 11.5 Å². The fourth-order valence-electron chi connectivity index (χ4n) is 1.43. The van der Waals surface area contributed by atoms with Gasteiger partial charge in [0.15, 0.2) is 0 Å². The van der Waals surface area contributed by atoms with Gasteiger partial charge in [0.05, 0.1) is 10.0 Å². The molecule has 2 aromatic rings. The Balaban J connectivity index is 2.40. The largest absolute Gasteiger partial charge is 0.455 e. The van der Waals surface area contributed by atoms with Crippen LogP contribution in [0, 0.1) is 5.82 Å². The average molecular weight is 326 g/mol. The fraction of sp³-hybridized carbons (Fsp3) is 0. The van der Waals surface area contributed by atoms with Crippen molar-refractivity contribution in [3.05, 3.63) is 58.3 Å². The molecule has 92 valence electrons. The van der Waals surface area contributed by atoms with Crippen LogP contribution in [-0.2, 0) is 0 Å². The number of hydrogen-bond donors (Lipinski definition) is 1. The second kappa shape index (κ2) is 5.46. The Labute approximate surface area is 118 Å². The SMILES string of the molecule is NC(=S)c1ccccc1Oc1cc(F)ccc1Br. The number of halogens is 2. The number of hydrogen-bond acceptors (Lipinski definition) is 2. The van der Waals surface area contributed by atoms with E-state index in [2.05, 4.69) is 15.9 Å². The lowest BCUT2D eigenvalue weighted by Gasteiger charge is -2.11. The van der Waals surface area contributed by atoms with E-state index in [0.717, 1.165) is 0 Å². The summed E-state index contributed by atoms with van der Waals surface area (Å²) < 4.78 is 19.4. The van der Waals surface area contributed by atoms with E-state index in [4.69, 9.17) is 22.7 Å². The van der Waals surface area contributed by atoms with E-state index in [1.807, 2.05) is 6.07 Å². The molecule has 0 aromatic heterocycles. The molecule has 2 nitrogen and oxygen atoms in total. The highest BCUT2D eigenvalue weighted by atomic mass is 79.9. The Hall–Kier alpha value is -1.46. The van der Waals surface area contributed by atoms with Crippen molar-refractivity contribution in [3.63, 3.8) is 0 Å². The predicted molar refractivity (Wildman–Crippen MR) is 76.5 cm³/mol. The van der Waals surface area contributed by atoms with Crippen LogP contribution in [0.3, 0.4) is 0 Å². The van der Waals surface area contributed by atoms with E-state index < -0.39 is 0 Å². The van der Waals surface area contributed by atoms with E-state index in [9.17, 15) is 4.39 Å². The molecule has 0 spiro atoms. The molecule has 0 aliphatic rings. The Kier molecular flexibility index (Phi) is 3.93. The van der Waals surface area contributed by atoms with Crippen LogP contribution in [0.25, 0.3) is 0 Å². The minimum Gasteiger partial charge on any atom is -0.455 e. The standard InChI is InChI=1S/C13H9BrFNOS/c14-10-6-5-8(15)7-12(10)17-11-4-2-1-3-9(11)13(16)18/h1-7H,(H2,16,18). The second-order valence-electron chi connectivity index (χ2n) is 3.54. The first-order valence-electron chi connectivity index (χ1n) is 5.09. The van der Waals surface area contributed by atoms with E-state index in [0.29, 0.717) is 21.5 Å². The molecular weight excluding hydrogens is 317 g/mol. The molecule has 0 heterocycles. The van der Waals surface area contributed by atoms with Gasteiger partial charge in [0.2, 0.25) is 0 Å². The summed E-state index contributed by atoms with van der Waals surface area (Å²) in [5.74, 6) is 0.496. The third-order valence-electron chi connectivity index (χ3n) is 2.27. The maximum atomic E-state index is 13.2. The summed E-state index contributed by atoms with van der Waals surface area (Å²) in [4.78, 5) is 0.234. The monoisotopic (exact) mass is 325 g/mol. The zero-order chi connectivity index (χ0) is 13.1. The predicted octanol–water partition coefficient (Wildman–Crippen LogP) is 4.01. The first-order valence-corrected chi connectivity index (χ1v) is 6.30. The zero-order valence-corrected chi connectivity index (χ0v) is 11.6.